The van der Waals surface area contributed by atoms with Gasteiger partial charge in [-0.25, -0.2) is 0 Å². The molecule has 1 atom stereocenters. The van der Waals surface area contributed by atoms with Crippen molar-refractivity contribution < 1.29 is 0 Å². The Hall–Kier alpha value is -4.46. The number of nitrogens with zero attached hydrogens (tertiary/aromatic N) is 2. The van der Waals surface area contributed by atoms with Crippen molar-refractivity contribution in [1.29, 1.82) is 0 Å². The third kappa shape index (κ3) is 6.10. The fraction of sp³-hybridized carbons (Fsp3) is 0.439. The molecule has 6 aromatic rings. The second-order valence-electron chi connectivity index (χ2n) is 23.1. The first kappa shape index (κ1) is 40.6. The maximum absolute atomic E-state index is 3.73. The molecule has 4 heteroatoms. The summed E-state index contributed by atoms with van der Waals surface area (Å²) < 4.78 is 2.60. The Balaban J connectivity index is 1.32. The third-order valence-corrected chi connectivity index (χ3v) is 17.0. The molecule has 312 valence electrons. The van der Waals surface area contributed by atoms with Crippen LogP contribution in [-0.2, 0) is 27.1 Å². The van der Waals surface area contributed by atoms with Crippen LogP contribution in [0.3, 0.4) is 0 Å². The molecule has 0 bridgehead atoms. The number of aryl methyl sites for hydroxylation is 1. The number of rotatable bonds is 4. The predicted octanol–water partition coefficient (Wildman–Crippen LogP) is 14.4. The maximum atomic E-state index is 3.73. The molecule has 0 N–H and O–H groups in total. The molecule has 0 saturated carbocycles. The molecule has 1 unspecified atom stereocenters. The molecule has 2 aliphatic carbocycles. The zero-order valence-electron chi connectivity index (χ0n) is 39.4. The largest absolute Gasteiger partial charge is 0.311 e. The fourth-order valence-electron chi connectivity index (χ4n) is 11.4. The van der Waals surface area contributed by atoms with Gasteiger partial charge in [-0.15, -0.1) is 11.3 Å². The van der Waals surface area contributed by atoms with Gasteiger partial charge in [-0.3, -0.25) is 0 Å². The van der Waals surface area contributed by atoms with E-state index in [1.165, 1.54) is 125 Å². The summed E-state index contributed by atoms with van der Waals surface area (Å²) in [6, 6.07) is 37.2. The first-order valence-corrected chi connectivity index (χ1v) is 24.0. The average Bonchev–Trinajstić information content (AvgIpc) is 3.58. The average molecular weight is 821 g/mol. The van der Waals surface area contributed by atoms with Gasteiger partial charge in [0.1, 0.15) is 0 Å². The van der Waals surface area contributed by atoms with E-state index in [9.17, 15) is 0 Å². The Kier molecular flexibility index (Phi) is 8.84. The van der Waals surface area contributed by atoms with Gasteiger partial charge in [0, 0.05) is 44.2 Å². The topological polar surface area (TPSA) is 6.48 Å². The molecule has 1 aromatic heterocycles. The van der Waals surface area contributed by atoms with Crippen LogP contribution in [-0.4, -0.2) is 6.71 Å². The van der Waals surface area contributed by atoms with Crippen molar-refractivity contribution in [3.8, 4) is 0 Å². The molecule has 3 heterocycles. The van der Waals surface area contributed by atoms with Gasteiger partial charge < -0.3 is 9.80 Å². The maximum Gasteiger partial charge on any atom is 0.264 e. The van der Waals surface area contributed by atoms with E-state index in [0.717, 1.165) is 6.42 Å². The molecule has 2 nitrogen and oxygen atoms in total. The highest BCUT2D eigenvalue weighted by molar-refractivity contribution is 7.33. The predicted molar refractivity (Wildman–Crippen MR) is 266 cm³/mol. The van der Waals surface area contributed by atoms with Crippen LogP contribution in [0.4, 0.5) is 34.1 Å². The molecule has 2 aliphatic heterocycles. The minimum atomic E-state index is -0.0490. The van der Waals surface area contributed by atoms with E-state index in [4.69, 9.17) is 0 Å². The van der Waals surface area contributed by atoms with Gasteiger partial charge >= 0.3 is 0 Å². The Morgan fingerprint density at radius 2 is 1.21 bits per heavy atom. The Morgan fingerprint density at radius 1 is 0.656 bits per heavy atom. The second-order valence-corrected chi connectivity index (χ2v) is 24.1. The molecule has 0 spiro atoms. The lowest BCUT2D eigenvalue weighted by atomic mass is 9.35. The second kappa shape index (κ2) is 13.3. The van der Waals surface area contributed by atoms with Crippen LogP contribution in [0.2, 0.25) is 0 Å². The van der Waals surface area contributed by atoms with E-state index in [1.807, 2.05) is 11.3 Å². The number of anilines is 6. The van der Waals surface area contributed by atoms with Gasteiger partial charge in [0.25, 0.3) is 6.71 Å². The van der Waals surface area contributed by atoms with E-state index in [0.29, 0.717) is 5.92 Å². The lowest BCUT2D eigenvalue weighted by Crippen LogP contribution is -2.61. The van der Waals surface area contributed by atoms with E-state index in [2.05, 4.69) is 192 Å². The quantitative estimate of drug-likeness (QED) is 0.163. The lowest BCUT2D eigenvalue weighted by Gasteiger charge is -2.47. The van der Waals surface area contributed by atoms with Crippen LogP contribution < -0.4 is 25.5 Å². The number of hydrogen-bond acceptors (Lipinski definition) is 3. The van der Waals surface area contributed by atoms with E-state index in [1.54, 1.807) is 0 Å². The van der Waals surface area contributed by atoms with Crippen molar-refractivity contribution in [3.63, 3.8) is 0 Å². The van der Waals surface area contributed by atoms with Crippen LogP contribution >= 0.6 is 11.3 Å². The van der Waals surface area contributed by atoms with Crippen molar-refractivity contribution in [1.82, 2.24) is 0 Å². The minimum Gasteiger partial charge on any atom is -0.311 e. The van der Waals surface area contributed by atoms with Gasteiger partial charge in [0.15, 0.2) is 0 Å². The van der Waals surface area contributed by atoms with E-state index < -0.39 is 0 Å². The van der Waals surface area contributed by atoms with Crippen molar-refractivity contribution in [2.24, 2.45) is 0 Å². The Morgan fingerprint density at radius 3 is 1.82 bits per heavy atom. The molecule has 4 aliphatic rings. The zero-order valence-corrected chi connectivity index (χ0v) is 40.2. The van der Waals surface area contributed by atoms with E-state index in [-0.39, 0.29) is 33.8 Å². The lowest BCUT2D eigenvalue weighted by molar-refractivity contribution is 0.332. The number of thiophene rings is 1. The standard InChI is InChI=1S/C57H65BN2S/c1-15-35(3)36-16-19-38(20-17-36)60-48-29-34(2)28-47-50(48)58(52-51(60)40-30-37(53(4,5)6)18-23-49(40)61-52)45-32-43-44(57(13,14)27-26-56(43,11)12)33-46(45)59(47)39-21-22-41-42(31-39)55(9,10)25-24-54(41,7)8/h16-17,19-22,28-33,35H,15,24-27H2,1-14H3. The van der Waals surface area contributed by atoms with Gasteiger partial charge in [0.05, 0.1) is 10.4 Å². The highest BCUT2D eigenvalue weighted by Crippen LogP contribution is 2.53. The van der Waals surface area contributed by atoms with Crippen LogP contribution in [0.25, 0.3) is 10.1 Å². The number of fused-ring (bicyclic) bond motifs is 8. The minimum absolute atomic E-state index is 0.0490. The Bertz CT molecular complexity index is 2770. The molecular formula is C57H65BN2S. The van der Waals surface area contributed by atoms with Crippen LogP contribution in [0.5, 0.6) is 0 Å². The van der Waals surface area contributed by atoms with E-state index >= 15 is 0 Å². The summed E-state index contributed by atoms with van der Waals surface area (Å²) in [6.45, 7) is 33.7. The highest BCUT2D eigenvalue weighted by atomic mass is 32.1. The summed E-state index contributed by atoms with van der Waals surface area (Å²) in [4.78, 5) is 5.32. The summed E-state index contributed by atoms with van der Waals surface area (Å²) in [5.74, 6) is 0.515. The third-order valence-electron chi connectivity index (χ3n) is 15.9. The van der Waals surface area contributed by atoms with Crippen LogP contribution in [0, 0.1) is 19.1 Å². The number of hydrogen-bond donors (Lipinski definition) is 0. The SMILES string of the molecule is CCC(C)c1ccc(N2c3cc(C)cc4c3B(c3cc5c(cc3N4c3ccc4c(c3)C(C)(C)CCC4(C)C)C(C)(C)CCC5(C)C)c3sc4c#cc(C(C)(C)C)cc4c32)cc1. The van der Waals surface area contributed by atoms with Crippen molar-refractivity contribution in [3.05, 3.63) is 124 Å². The van der Waals surface area contributed by atoms with Crippen LogP contribution in [0.15, 0.2) is 72.8 Å². The normalized spacial score (nSPS) is 19.3. The summed E-state index contributed by atoms with van der Waals surface area (Å²) >= 11 is 1.94. The number of benzene rings is 4. The molecule has 0 amide bonds. The van der Waals surface area contributed by atoms with Crippen molar-refractivity contribution >= 4 is 78.0 Å². The summed E-state index contributed by atoms with van der Waals surface area (Å²) in [6.07, 6.45) is 5.90. The van der Waals surface area contributed by atoms with Gasteiger partial charge in [-0.2, -0.15) is 0 Å². The molecule has 5 aromatic carbocycles. The monoisotopic (exact) mass is 820 g/mol. The smallest absolute Gasteiger partial charge is 0.264 e. The first-order chi connectivity index (χ1) is 28.6. The first-order valence-electron chi connectivity index (χ1n) is 23.2. The highest BCUT2D eigenvalue weighted by Gasteiger charge is 2.48. The van der Waals surface area contributed by atoms with Gasteiger partial charge in [-0.1, -0.05) is 126 Å². The van der Waals surface area contributed by atoms with Crippen molar-refractivity contribution in [2.75, 3.05) is 9.80 Å². The molecule has 10 rings (SSSR count). The molecular weight excluding hydrogens is 756 g/mol. The summed E-state index contributed by atoms with van der Waals surface area (Å²) in [5.41, 5.74) is 20.9. The molecule has 0 radical (unpaired) electrons. The zero-order chi connectivity index (χ0) is 43.3. The summed E-state index contributed by atoms with van der Waals surface area (Å²) in [5, 5.41) is 1.28. The van der Waals surface area contributed by atoms with Crippen molar-refractivity contribution in [2.45, 2.75) is 162 Å². The van der Waals surface area contributed by atoms with Crippen LogP contribution in [0.1, 0.15) is 167 Å². The Labute approximate surface area is 371 Å². The molecule has 0 saturated heterocycles. The molecule has 61 heavy (non-hydrogen) atoms. The van der Waals surface area contributed by atoms with Gasteiger partial charge in [-0.05, 0) is 165 Å². The van der Waals surface area contributed by atoms with Gasteiger partial charge in [0.2, 0.25) is 0 Å². The fourth-order valence-corrected chi connectivity index (χ4v) is 12.7. The summed E-state index contributed by atoms with van der Waals surface area (Å²) in [7, 11) is 0. The molecule has 0 fully saturated rings.